The van der Waals surface area contributed by atoms with Crippen molar-refractivity contribution in [3.63, 3.8) is 0 Å². The molecule has 0 N–H and O–H groups in total. The zero-order chi connectivity index (χ0) is 25.8. The maximum Gasteiger partial charge on any atom is -1.00 e. The maximum absolute atomic E-state index is 2.49. The van der Waals surface area contributed by atoms with E-state index in [1.165, 1.54) is 66.1 Å². The van der Waals surface area contributed by atoms with Gasteiger partial charge in [-0.15, -0.1) is 0 Å². The van der Waals surface area contributed by atoms with E-state index in [1.807, 2.05) is 0 Å². The molecule has 6 aromatic carbocycles. The third kappa shape index (κ3) is 4.75. The van der Waals surface area contributed by atoms with Crippen molar-refractivity contribution in [2.24, 2.45) is 0 Å². The zero-order valence-electron chi connectivity index (χ0n) is 22.3. The number of rotatable bonds is 4. The Kier molecular flexibility index (Phi) is 7.89. The molecule has 0 aromatic heterocycles. The first-order valence-corrected chi connectivity index (χ1v) is 16.5. The van der Waals surface area contributed by atoms with Crippen molar-refractivity contribution in [1.29, 1.82) is 0 Å². The fourth-order valence-corrected chi connectivity index (χ4v) is 11.6. The molecule has 0 fully saturated rings. The minimum absolute atomic E-state index is 0. The van der Waals surface area contributed by atoms with Gasteiger partial charge in [0, 0.05) is 0 Å². The first-order chi connectivity index (χ1) is 19.3. The van der Waals surface area contributed by atoms with Gasteiger partial charge in [-0.3, -0.25) is 0 Å². The molecule has 2 aliphatic rings. The first-order valence-electron chi connectivity index (χ1n) is 13.7. The molecule has 0 radical (unpaired) electrons. The molecule has 0 amide bonds. The third-order valence-electron chi connectivity index (χ3n) is 8.39. The zero-order valence-corrected chi connectivity index (χ0v) is 26.2. The Morgan fingerprint density at radius 1 is 0.390 bits per heavy atom. The Morgan fingerprint density at radius 2 is 0.780 bits per heavy atom. The van der Waals surface area contributed by atoms with Gasteiger partial charge in [0.05, 0.1) is 0 Å². The van der Waals surface area contributed by atoms with E-state index in [-0.39, 0.29) is 24.8 Å². The van der Waals surface area contributed by atoms with Crippen LogP contribution in [-0.2, 0) is 23.2 Å². The van der Waals surface area contributed by atoms with Crippen LogP contribution in [0.5, 0.6) is 0 Å². The van der Waals surface area contributed by atoms with Gasteiger partial charge >= 0.3 is 242 Å². The van der Waals surface area contributed by atoms with Gasteiger partial charge in [-0.2, -0.15) is 0 Å². The van der Waals surface area contributed by atoms with Crippen LogP contribution in [0, 0.1) is 0 Å². The minimum Gasteiger partial charge on any atom is -1.00 e. The molecule has 8 rings (SSSR count). The monoisotopic (exact) mass is 642 g/mol. The molecule has 41 heavy (non-hydrogen) atoms. The molecule has 0 spiro atoms. The summed E-state index contributed by atoms with van der Waals surface area (Å²) < 4.78 is 0.982. The maximum atomic E-state index is 2.49. The molecule has 2 unspecified atom stereocenters. The van der Waals surface area contributed by atoms with Crippen LogP contribution < -0.4 is 24.8 Å². The van der Waals surface area contributed by atoms with Gasteiger partial charge in [-0.1, -0.05) is 0 Å². The molecule has 0 saturated carbocycles. The molecule has 196 valence electrons. The Balaban J connectivity index is 0.00000151. The predicted octanol–water partition coefficient (Wildman–Crippen LogP) is 3.97. The number of fused-ring (bicyclic) bond motifs is 4. The van der Waals surface area contributed by atoms with Crippen molar-refractivity contribution in [2.75, 3.05) is 0 Å². The van der Waals surface area contributed by atoms with E-state index < -0.39 is 23.2 Å². The third-order valence-corrected chi connectivity index (χ3v) is 13.1. The second-order valence-electron chi connectivity index (χ2n) is 10.5. The SMILES string of the molecule is C1=C(c2cccc3ccccc23)[CH]([Zr+2][CH]2C(c3cccc4ccccc34)=Cc3ccccc32)c2ccccc21.[Cl-].[Cl-]. The van der Waals surface area contributed by atoms with E-state index in [0.29, 0.717) is 7.25 Å². The van der Waals surface area contributed by atoms with E-state index in [4.69, 9.17) is 0 Å². The molecular formula is C38H26Cl2Zr. The fraction of sp³-hybridized carbons (Fsp3) is 0.0526. The van der Waals surface area contributed by atoms with Gasteiger partial charge in [0.25, 0.3) is 0 Å². The van der Waals surface area contributed by atoms with Crippen molar-refractivity contribution in [1.82, 2.24) is 0 Å². The number of allylic oxidation sites excluding steroid dienone is 2. The van der Waals surface area contributed by atoms with E-state index in [2.05, 4.69) is 146 Å². The van der Waals surface area contributed by atoms with Crippen molar-refractivity contribution in [3.05, 3.63) is 167 Å². The summed E-state index contributed by atoms with van der Waals surface area (Å²) in [5, 5.41) is 5.36. The molecule has 0 bridgehead atoms. The standard InChI is InChI=1S/2C19H13.2ClH.Zr/c2*1-2-8-16-13-17(12-15(16)7-1)19-11-5-9-14-6-3-4-10-18(14)19;;;/h2*1-13H;2*1H;/q;;;;+2/p-2. The van der Waals surface area contributed by atoms with E-state index >= 15 is 0 Å². The van der Waals surface area contributed by atoms with Crippen molar-refractivity contribution in [2.45, 2.75) is 7.25 Å². The summed E-state index contributed by atoms with van der Waals surface area (Å²) in [6.45, 7) is 0. The molecule has 6 aromatic rings. The van der Waals surface area contributed by atoms with Gasteiger partial charge < -0.3 is 24.8 Å². The molecule has 0 aliphatic heterocycles. The minimum atomic E-state index is -1.10. The average molecular weight is 645 g/mol. The number of hydrogen-bond acceptors (Lipinski definition) is 0. The fourth-order valence-electron chi connectivity index (χ4n) is 6.59. The summed E-state index contributed by atoms with van der Waals surface area (Å²) in [7, 11) is 0. The quantitative estimate of drug-likeness (QED) is 0.273. The summed E-state index contributed by atoms with van der Waals surface area (Å²) in [6.07, 6.45) is 4.98. The molecular weight excluding hydrogens is 619 g/mol. The van der Waals surface area contributed by atoms with Gasteiger partial charge in [0.15, 0.2) is 0 Å². The summed E-state index contributed by atoms with van der Waals surface area (Å²) in [5.74, 6) is 0. The number of hydrogen-bond donors (Lipinski definition) is 0. The van der Waals surface area contributed by atoms with Crippen LogP contribution >= 0.6 is 0 Å². The number of halogens is 2. The Morgan fingerprint density at radius 3 is 1.27 bits per heavy atom. The Labute approximate surface area is 265 Å². The van der Waals surface area contributed by atoms with Crippen LogP contribution in [0.4, 0.5) is 0 Å². The topological polar surface area (TPSA) is 0 Å². The van der Waals surface area contributed by atoms with Crippen LogP contribution in [0.2, 0.25) is 0 Å². The normalized spacial score (nSPS) is 16.6. The summed E-state index contributed by atoms with van der Waals surface area (Å²) in [5.41, 5.74) is 11.7. The van der Waals surface area contributed by atoms with Gasteiger partial charge in [-0.25, -0.2) is 0 Å². The van der Waals surface area contributed by atoms with Crippen molar-refractivity contribution >= 4 is 44.8 Å². The largest absolute Gasteiger partial charge is 1.00 e. The first kappa shape index (κ1) is 27.9. The number of benzene rings is 6. The van der Waals surface area contributed by atoms with E-state index in [0.717, 1.165) is 0 Å². The molecule has 0 saturated heterocycles. The van der Waals surface area contributed by atoms with Gasteiger partial charge in [0.2, 0.25) is 0 Å². The summed E-state index contributed by atoms with van der Waals surface area (Å²) >= 11 is -1.10. The molecule has 0 heterocycles. The second kappa shape index (κ2) is 11.6. The van der Waals surface area contributed by atoms with Crippen LogP contribution in [0.3, 0.4) is 0 Å². The molecule has 3 heteroatoms. The Bertz CT molecular complexity index is 1820. The molecule has 2 atom stereocenters. The predicted molar refractivity (Wildman–Crippen MR) is 162 cm³/mol. The van der Waals surface area contributed by atoms with Crippen molar-refractivity contribution < 1.29 is 48.0 Å². The van der Waals surface area contributed by atoms with Crippen LogP contribution in [0.15, 0.2) is 133 Å². The average Bonchev–Trinajstić information content (AvgIpc) is 3.55. The van der Waals surface area contributed by atoms with Crippen LogP contribution in [0.25, 0.3) is 44.8 Å². The summed E-state index contributed by atoms with van der Waals surface area (Å²) in [4.78, 5) is 0. The smallest absolute Gasteiger partial charge is 1.00 e. The van der Waals surface area contributed by atoms with Gasteiger partial charge in [0.1, 0.15) is 0 Å². The molecule has 0 nitrogen and oxygen atoms in total. The van der Waals surface area contributed by atoms with Crippen molar-refractivity contribution in [3.8, 4) is 0 Å². The summed E-state index contributed by atoms with van der Waals surface area (Å²) in [6, 6.07) is 49.6. The van der Waals surface area contributed by atoms with E-state index in [9.17, 15) is 0 Å². The Hall–Kier alpha value is -3.22. The van der Waals surface area contributed by atoms with E-state index in [1.54, 1.807) is 0 Å². The van der Waals surface area contributed by atoms with Gasteiger partial charge in [-0.05, 0) is 0 Å². The van der Waals surface area contributed by atoms with Crippen LogP contribution in [-0.4, -0.2) is 0 Å². The van der Waals surface area contributed by atoms with Crippen LogP contribution in [0.1, 0.15) is 40.6 Å². The second-order valence-corrected chi connectivity index (χ2v) is 14.2. The molecule has 2 aliphatic carbocycles.